The fourth-order valence-corrected chi connectivity index (χ4v) is 2.86. The molecule has 96 valence electrons. The van der Waals surface area contributed by atoms with Gasteiger partial charge in [-0.1, -0.05) is 6.07 Å². The Kier molecular flexibility index (Phi) is 3.70. The average Bonchev–Trinajstić information content (AvgIpc) is 2.62. The smallest absolute Gasteiger partial charge is 0.131 e. The van der Waals surface area contributed by atoms with E-state index in [1.165, 1.54) is 23.5 Å². The number of nitrogens with one attached hydrogen (secondary N) is 1. The first-order chi connectivity index (χ1) is 8.52. The molecule has 18 heavy (non-hydrogen) atoms. The summed E-state index contributed by atoms with van der Waals surface area (Å²) < 4.78 is 26.7. The van der Waals surface area contributed by atoms with E-state index in [1.54, 1.807) is 0 Å². The van der Waals surface area contributed by atoms with Crippen molar-refractivity contribution in [1.29, 1.82) is 0 Å². The lowest BCUT2D eigenvalue weighted by Crippen LogP contribution is -2.29. The third kappa shape index (κ3) is 2.40. The summed E-state index contributed by atoms with van der Waals surface area (Å²) in [7, 11) is 0. The maximum atomic E-state index is 13.8. The predicted octanol–water partition coefficient (Wildman–Crippen LogP) is 2.59. The number of hydrogen-bond acceptors (Lipinski definition) is 4. The molecule has 1 atom stereocenters. The van der Waals surface area contributed by atoms with Crippen LogP contribution in [-0.4, -0.2) is 4.98 Å². The van der Waals surface area contributed by atoms with E-state index in [1.807, 2.05) is 13.8 Å². The highest BCUT2D eigenvalue weighted by Crippen LogP contribution is 2.30. The number of hydrazine groups is 1. The molecule has 0 bridgehead atoms. The molecule has 1 unspecified atom stereocenters. The number of nitrogens with two attached hydrogens (primary N) is 1. The van der Waals surface area contributed by atoms with E-state index in [0.717, 1.165) is 21.6 Å². The van der Waals surface area contributed by atoms with Gasteiger partial charge < -0.3 is 0 Å². The largest absolute Gasteiger partial charge is 0.271 e. The SMILES string of the molecule is Cc1nc(C)c(C(NN)c2ccc(F)cc2F)s1. The fourth-order valence-electron chi connectivity index (χ4n) is 1.86. The van der Waals surface area contributed by atoms with Gasteiger partial charge in [0.25, 0.3) is 0 Å². The topological polar surface area (TPSA) is 50.9 Å². The van der Waals surface area contributed by atoms with Gasteiger partial charge in [-0.05, 0) is 19.9 Å². The summed E-state index contributed by atoms with van der Waals surface area (Å²) in [6.45, 7) is 3.71. The van der Waals surface area contributed by atoms with Crippen molar-refractivity contribution in [3.05, 3.63) is 51.0 Å². The van der Waals surface area contributed by atoms with Crippen LogP contribution in [0.4, 0.5) is 8.78 Å². The molecule has 3 nitrogen and oxygen atoms in total. The summed E-state index contributed by atoms with van der Waals surface area (Å²) in [6.07, 6.45) is 0. The van der Waals surface area contributed by atoms with E-state index >= 15 is 0 Å². The van der Waals surface area contributed by atoms with Gasteiger partial charge in [0.15, 0.2) is 0 Å². The van der Waals surface area contributed by atoms with Crippen LogP contribution in [0.5, 0.6) is 0 Å². The molecule has 0 amide bonds. The minimum atomic E-state index is -0.622. The molecule has 2 aromatic rings. The van der Waals surface area contributed by atoms with Crippen molar-refractivity contribution in [1.82, 2.24) is 10.4 Å². The summed E-state index contributed by atoms with van der Waals surface area (Å²) in [5.41, 5.74) is 3.66. The first-order valence-corrected chi connectivity index (χ1v) is 6.19. The van der Waals surface area contributed by atoms with Crippen molar-refractivity contribution < 1.29 is 8.78 Å². The number of nitrogens with zero attached hydrogens (tertiary/aromatic N) is 1. The number of halogens is 2. The lowest BCUT2D eigenvalue weighted by Gasteiger charge is -2.16. The van der Waals surface area contributed by atoms with Gasteiger partial charge in [0.2, 0.25) is 0 Å². The molecule has 6 heteroatoms. The Hall–Kier alpha value is -1.37. The summed E-state index contributed by atoms with van der Waals surface area (Å²) in [6, 6.07) is 2.94. The minimum absolute atomic E-state index is 0.311. The van der Waals surface area contributed by atoms with Crippen LogP contribution in [0.25, 0.3) is 0 Å². The van der Waals surface area contributed by atoms with Crippen molar-refractivity contribution >= 4 is 11.3 Å². The molecule has 0 spiro atoms. The van der Waals surface area contributed by atoms with E-state index in [2.05, 4.69) is 10.4 Å². The summed E-state index contributed by atoms with van der Waals surface area (Å²) in [4.78, 5) is 5.11. The van der Waals surface area contributed by atoms with Gasteiger partial charge in [-0.25, -0.2) is 19.2 Å². The second-order valence-corrected chi connectivity index (χ2v) is 5.18. The van der Waals surface area contributed by atoms with Crippen molar-refractivity contribution in [3.8, 4) is 0 Å². The van der Waals surface area contributed by atoms with E-state index in [9.17, 15) is 8.78 Å². The van der Waals surface area contributed by atoms with Gasteiger partial charge >= 0.3 is 0 Å². The molecule has 0 fully saturated rings. The molecule has 2 rings (SSSR count). The Morgan fingerprint density at radius 2 is 2.06 bits per heavy atom. The van der Waals surface area contributed by atoms with Crippen LogP contribution in [-0.2, 0) is 0 Å². The number of hydrogen-bond donors (Lipinski definition) is 2. The van der Waals surface area contributed by atoms with Gasteiger partial charge in [0, 0.05) is 11.6 Å². The molecule has 0 radical (unpaired) electrons. The molecular formula is C12H13F2N3S. The zero-order valence-corrected chi connectivity index (χ0v) is 10.8. The van der Waals surface area contributed by atoms with Crippen molar-refractivity contribution in [2.75, 3.05) is 0 Å². The summed E-state index contributed by atoms with van der Waals surface area (Å²) in [5, 5.41) is 0.880. The van der Waals surface area contributed by atoms with Crippen LogP contribution in [0, 0.1) is 25.5 Å². The molecule has 0 saturated heterocycles. The minimum Gasteiger partial charge on any atom is -0.271 e. The fraction of sp³-hybridized carbons (Fsp3) is 0.250. The second-order valence-electron chi connectivity index (χ2n) is 3.95. The van der Waals surface area contributed by atoms with Crippen LogP contribution in [0.3, 0.4) is 0 Å². The first kappa shape index (κ1) is 13.1. The highest BCUT2D eigenvalue weighted by molar-refractivity contribution is 7.11. The number of aromatic nitrogens is 1. The third-order valence-electron chi connectivity index (χ3n) is 2.64. The van der Waals surface area contributed by atoms with Gasteiger partial charge in [0.1, 0.15) is 11.6 Å². The van der Waals surface area contributed by atoms with Gasteiger partial charge in [0.05, 0.1) is 21.6 Å². The Labute approximate surface area is 108 Å². The maximum absolute atomic E-state index is 13.8. The van der Waals surface area contributed by atoms with E-state index < -0.39 is 17.7 Å². The van der Waals surface area contributed by atoms with E-state index in [-0.39, 0.29) is 0 Å². The highest BCUT2D eigenvalue weighted by Gasteiger charge is 2.21. The van der Waals surface area contributed by atoms with Crippen LogP contribution < -0.4 is 11.3 Å². The standard InChI is InChI=1S/C12H13F2N3S/c1-6-12(18-7(2)16-6)11(17-15)9-4-3-8(13)5-10(9)14/h3-5,11,17H,15H2,1-2H3. The van der Waals surface area contributed by atoms with Crippen LogP contribution >= 0.6 is 11.3 Å². The second kappa shape index (κ2) is 5.09. The normalized spacial score (nSPS) is 12.7. The van der Waals surface area contributed by atoms with Crippen molar-refractivity contribution in [2.24, 2.45) is 5.84 Å². The van der Waals surface area contributed by atoms with E-state index in [0.29, 0.717) is 5.56 Å². The molecule has 3 N–H and O–H groups in total. The highest BCUT2D eigenvalue weighted by atomic mass is 32.1. The Bertz CT molecular complexity index is 568. The maximum Gasteiger partial charge on any atom is 0.131 e. The molecule has 1 aromatic heterocycles. The number of benzene rings is 1. The van der Waals surface area contributed by atoms with Gasteiger partial charge in [-0.2, -0.15) is 0 Å². The molecule has 1 aromatic carbocycles. The van der Waals surface area contributed by atoms with Crippen LogP contribution in [0.15, 0.2) is 18.2 Å². The number of rotatable bonds is 3. The molecule has 0 aliphatic heterocycles. The zero-order valence-electron chi connectivity index (χ0n) is 10.00. The van der Waals surface area contributed by atoms with Crippen molar-refractivity contribution in [2.45, 2.75) is 19.9 Å². The first-order valence-electron chi connectivity index (χ1n) is 5.38. The quantitative estimate of drug-likeness (QED) is 0.665. The monoisotopic (exact) mass is 269 g/mol. The predicted molar refractivity (Wildman–Crippen MR) is 67.1 cm³/mol. The van der Waals surface area contributed by atoms with E-state index in [4.69, 9.17) is 5.84 Å². The summed E-state index contributed by atoms with van der Waals surface area (Å²) >= 11 is 1.44. The van der Waals surface area contributed by atoms with Crippen LogP contribution in [0.2, 0.25) is 0 Å². The molecule has 0 saturated carbocycles. The number of aryl methyl sites for hydroxylation is 2. The third-order valence-corrected chi connectivity index (χ3v) is 3.78. The summed E-state index contributed by atoms with van der Waals surface area (Å²) in [5.74, 6) is 4.26. The van der Waals surface area contributed by atoms with Gasteiger partial charge in [-0.15, -0.1) is 11.3 Å². The lowest BCUT2D eigenvalue weighted by molar-refractivity contribution is 0.543. The lowest BCUT2D eigenvalue weighted by atomic mass is 10.0. The Morgan fingerprint density at radius 3 is 2.56 bits per heavy atom. The zero-order chi connectivity index (χ0) is 13.3. The molecule has 1 heterocycles. The van der Waals surface area contributed by atoms with Crippen molar-refractivity contribution in [3.63, 3.8) is 0 Å². The van der Waals surface area contributed by atoms with Crippen LogP contribution in [0.1, 0.15) is 27.2 Å². The van der Waals surface area contributed by atoms with Gasteiger partial charge in [-0.3, -0.25) is 5.84 Å². The molecular weight excluding hydrogens is 256 g/mol. The molecule has 0 aliphatic carbocycles. The average molecular weight is 269 g/mol. The Morgan fingerprint density at radius 1 is 1.33 bits per heavy atom. The number of thiazole rings is 1. The Balaban J connectivity index is 2.48. The molecule has 0 aliphatic rings.